The standard InChI is InChI=1S/C28H33N7O/c1-34(2)19-24-9-8-23(17-30-24)31-28(36)27-25-14-21(7-10-26(25)32-33-27)22-13-20(15-29-16-22)18-35-11-5-3-4-6-12-35/h7-10,13-17H,3-6,11-12,18-19H2,1-2H3,(H,31,36)(H,32,33). The number of aromatic amines is 1. The smallest absolute Gasteiger partial charge is 0.276 e. The molecule has 0 bridgehead atoms. The number of fused-ring (bicyclic) bond motifs is 1. The number of nitrogens with zero attached hydrogens (tertiary/aromatic N) is 5. The van der Waals surface area contributed by atoms with E-state index in [0.29, 0.717) is 11.4 Å². The summed E-state index contributed by atoms with van der Waals surface area (Å²) in [6.45, 7) is 3.97. The molecule has 2 N–H and O–H groups in total. The van der Waals surface area contributed by atoms with Crippen LogP contribution in [-0.2, 0) is 13.1 Å². The van der Waals surface area contributed by atoms with Crippen LogP contribution in [0.1, 0.15) is 47.4 Å². The van der Waals surface area contributed by atoms with Crippen LogP contribution in [-0.4, -0.2) is 63.1 Å². The van der Waals surface area contributed by atoms with Crippen molar-refractivity contribution in [2.45, 2.75) is 38.8 Å². The highest BCUT2D eigenvalue weighted by molar-refractivity contribution is 6.11. The van der Waals surface area contributed by atoms with Crippen molar-refractivity contribution in [3.8, 4) is 11.1 Å². The maximum atomic E-state index is 13.1. The Balaban J connectivity index is 1.34. The van der Waals surface area contributed by atoms with Gasteiger partial charge in [-0.1, -0.05) is 18.9 Å². The Bertz CT molecular complexity index is 1320. The second kappa shape index (κ2) is 11.0. The molecule has 4 aromatic rings. The number of H-pyrrole nitrogens is 1. The van der Waals surface area contributed by atoms with Gasteiger partial charge in [0.2, 0.25) is 0 Å². The van der Waals surface area contributed by atoms with E-state index in [9.17, 15) is 4.79 Å². The molecule has 0 saturated carbocycles. The molecule has 0 aliphatic carbocycles. The van der Waals surface area contributed by atoms with E-state index in [4.69, 9.17) is 0 Å². The Labute approximate surface area is 211 Å². The number of amides is 1. The molecule has 4 heterocycles. The minimum absolute atomic E-state index is 0.270. The van der Waals surface area contributed by atoms with Crippen LogP contribution in [0.15, 0.2) is 55.0 Å². The summed E-state index contributed by atoms with van der Waals surface area (Å²) >= 11 is 0. The van der Waals surface area contributed by atoms with Crippen LogP contribution in [0.25, 0.3) is 22.0 Å². The summed E-state index contributed by atoms with van der Waals surface area (Å²) in [4.78, 5) is 26.6. The fourth-order valence-electron chi connectivity index (χ4n) is 4.76. The molecule has 3 aromatic heterocycles. The van der Waals surface area contributed by atoms with Crippen molar-refractivity contribution in [1.29, 1.82) is 0 Å². The molecule has 1 fully saturated rings. The van der Waals surface area contributed by atoms with Crippen molar-refractivity contribution in [3.05, 3.63) is 71.9 Å². The van der Waals surface area contributed by atoms with Gasteiger partial charge in [0.15, 0.2) is 5.69 Å². The number of hydrogen-bond donors (Lipinski definition) is 2. The predicted molar refractivity (Wildman–Crippen MR) is 143 cm³/mol. The number of pyridine rings is 2. The number of carbonyl (C=O) groups is 1. The Morgan fingerprint density at radius 3 is 2.58 bits per heavy atom. The van der Waals surface area contributed by atoms with Gasteiger partial charge in [0.1, 0.15) is 0 Å². The van der Waals surface area contributed by atoms with Crippen LogP contribution < -0.4 is 5.32 Å². The van der Waals surface area contributed by atoms with Crippen molar-refractivity contribution in [2.75, 3.05) is 32.5 Å². The summed E-state index contributed by atoms with van der Waals surface area (Å²) in [5.41, 5.74) is 6.02. The largest absolute Gasteiger partial charge is 0.319 e. The molecular formula is C28H33N7O. The number of rotatable bonds is 7. The van der Waals surface area contributed by atoms with Crippen LogP contribution >= 0.6 is 0 Å². The summed E-state index contributed by atoms with van der Waals surface area (Å²) in [6.07, 6.45) is 10.7. The van der Waals surface area contributed by atoms with Gasteiger partial charge >= 0.3 is 0 Å². The number of anilines is 1. The van der Waals surface area contributed by atoms with Crippen molar-refractivity contribution in [3.63, 3.8) is 0 Å². The highest BCUT2D eigenvalue weighted by Gasteiger charge is 2.16. The van der Waals surface area contributed by atoms with Crippen molar-refractivity contribution >= 4 is 22.5 Å². The Hall–Kier alpha value is -3.62. The number of likely N-dealkylation sites (tertiary alicyclic amines) is 1. The van der Waals surface area contributed by atoms with E-state index in [1.807, 2.05) is 61.7 Å². The zero-order valence-electron chi connectivity index (χ0n) is 21.0. The first-order chi connectivity index (χ1) is 17.5. The first-order valence-corrected chi connectivity index (χ1v) is 12.6. The predicted octanol–water partition coefficient (Wildman–Crippen LogP) is 4.71. The van der Waals surface area contributed by atoms with Gasteiger partial charge in [-0.25, -0.2) is 0 Å². The first kappa shape index (κ1) is 24.1. The van der Waals surface area contributed by atoms with Crippen molar-refractivity contribution in [1.82, 2.24) is 30.0 Å². The molecule has 1 aliphatic heterocycles. The third-order valence-corrected chi connectivity index (χ3v) is 6.57. The van der Waals surface area contributed by atoms with E-state index in [-0.39, 0.29) is 5.91 Å². The lowest BCUT2D eigenvalue weighted by molar-refractivity contribution is 0.102. The molecule has 186 valence electrons. The summed E-state index contributed by atoms with van der Waals surface area (Å²) in [5, 5.41) is 11.0. The van der Waals surface area contributed by atoms with Gasteiger partial charge in [0.05, 0.1) is 23.1 Å². The fraction of sp³-hybridized carbons (Fsp3) is 0.357. The van der Waals surface area contributed by atoms with Gasteiger partial charge in [-0.3, -0.25) is 24.8 Å². The lowest BCUT2D eigenvalue weighted by Gasteiger charge is -2.19. The molecule has 0 radical (unpaired) electrons. The lowest BCUT2D eigenvalue weighted by Crippen LogP contribution is -2.24. The molecule has 5 rings (SSSR count). The average molecular weight is 484 g/mol. The molecule has 1 saturated heterocycles. The van der Waals surface area contributed by atoms with E-state index in [1.165, 1.54) is 31.2 Å². The summed E-state index contributed by atoms with van der Waals surface area (Å²) < 4.78 is 0. The highest BCUT2D eigenvalue weighted by atomic mass is 16.1. The Morgan fingerprint density at radius 2 is 1.83 bits per heavy atom. The normalized spacial score (nSPS) is 14.8. The van der Waals surface area contributed by atoms with Crippen molar-refractivity contribution in [2.24, 2.45) is 0 Å². The second-order valence-electron chi connectivity index (χ2n) is 9.83. The Morgan fingerprint density at radius 1 is 1.00 bits per heavy atom. The van der Waals surface area contributed by atoms with Crippen LogP contribution in [0.3, 0.4) is 0 Å². The van der Waals surface area contributed by atoms with Gasteiger partial charge in [0.25, 0.3) is 5.91 Å². The number of hydrogen-bond acceptors (Lipinski definition) is 6. The average Bonchev–Trinajstić information content (AvgIpc) is 3.13. The fourth-order valence-corrected chi connectivity index (χ4v) is 4.76. The third kappa shape index (κ3) is 5.78. The summed E-state index contributed by atoms with van der Waals surface area (Å²) in [6, 6.07) is 12.0. The zero-order chi connectivity index (χ0) is 24.9. The number of nitrogens with one attached hydrogen (secondary N) is 2. The van der Waals surface area contributed by atoms with Gasteiger partial charge in [0, 0.05) is 36.4 Å². The molecule has 8 heteroatoms. The van der Waals surface area contributed by atoms with Crippen molar-refractivity contribution < 1.29 is 4.79 Å². The minimum atomic E-state index is -0.270. The molecular weight excluding hydrogens is 450 g/mol. The zero-order valence-corrected chi connectivity index (χ0v) is 21.0. The maximum absolute atomic E-state index is 13.1. The summed E-state index contributed by atoms with van der Waals surface area (Å²) in [5.74, 6) is -0.270. The number of benzene rings is 1. The molecule has 0 spiro atoms. The Kier molecular flexibility index (Phi) is 7.34. The third-order valence-electron chi connectivity index (χ3n) is 6.57. The molecule has 1 amide bonds. The van der Waals surface area contributed by atoms with E-state index in [0.717, 1.165) is 53.9 Å². The lowest BCUT2D eigenvalue weighted by atomic mass is 10.0. The van der Waals surface area contributed by atoms with Gasteiger partial charge in [-0.05, 0) is 81.5 Å². The highest BCUT2D eigenvalue weighted by Crippen LogP contribution is 2.26. The van der Waals surface area contributed by atoms with Gasteiger partial charge < -0.3 is 10.2 Å². The van der Waals surface area contributed by atoms with E-state index in [1.54, 1.807) is 6.20 Å². The molecule has 1 aromatic carbocycles. The number of carbonyl (C=O) groups excluding carboxylic acids is 1. The maximum Gasteiger partial charge on any atom is 0.276 e. The van der Waals surface area contributed by atoms with Gasteiger partial charge in [-0.2, -0.15) is 5.10 Å². The quantitative estimate of drug-likeness (QED) is 0.396. The van der Waals surface area contributed by atoms with E-state index < -0.39 is 0 Å². The topological polar surface area (TPSA) is 90.0 Å². The minimum Gasteiger partial charge on any atom is -0.319 e. The molecule has 8 nitrogen and oxygen atoms in total. The first-order valence-electron chi connectivity index (χ1n) is 12.6. The second-order valence-corrected chi connectivity index (χ2v) is 9.83. The van der Waals surface area contributed by atoms with Crippen LogP contribution in [0.5, 0.6) is 0 Å². The molecule has 0 atom stereocenters. The molecule has 36 heavy (non-hydrogen) atoms. The monoisotopic (exact) mass is 483 g/mol. The molecule has 1 aliphatic rings. The number of aromatic nitrogens is 4. The van der Waals surface area contributed by atoms with Crippen LogP contribution in [0, 0.1) is 0 Å². The molecule has 0 unspecified atom stereocenters. The van der Waals surface area contributed by atoms with Crippen LogP contribution in [0.4, 0.5) is 5.69 Å². The van der Waals surface area contributed by atoms with E-state index in [2.05, 4.69) is 36.4 Å². The SMILES string of the molecule is CN(C)Cc1ccc(NC(=O)c2n[nH]c3ccc(-c4cncc(CN5CCCCCC5)c4)cc23)cn1. The van der Waals surface area contributed by atoms with Gasteiger partial charge in [-0.15, -0.1) is 0 Å². The van der Waals surface area contributed by atoms with E-state index >= 15 is 0 Å². The van der Waals surface area contributed by atoms with Crippen LogP contribution in [0.2, 0.25) is 0 Å². The summed E-state index contributed by atoms with van der Waals surface area (Å²) in [7, 11) is 3.99.